The summed E-state index contributed by atoms with van der Waals surface area (Å²) in [4.78, 5) is 0. The van der Waals surface area contributed by atoms with Crippen LogP contribution in [0.5, 0.6) is 0 Å². The summed E-state index contributed by atoms with van der Waals surface area (Å²) in [7, 11) is 1.84. The molecule has 14 heavy (non-hydrogen) atoms. The van der Waals surface area contributed by atoms with E-state index in [1.54, 1.807) is 0 Å². The van der Waals surface area contributed by atoms with Gasteiger partial charge in [0, 0.05) is 7.11 Å². The van der Waals surface area contributed by atoms with E-state index >= 15 is 0 Å². The minimum absolute atomic E-state index is 0.291. The second-order valence-electron chi connectivity index (χ2n) is 5.29. The summed E-state index contributed by atoms with van der Waals surface area (Å²) >= 11 is 0. The van der Waals surface area contributed by atoms with E-state index in [9.17, 15) is 0 Å². The molecule has 1 heteroatoms. The number of methoxy groups -OCH3 is 1. The van der Waals surface area contributed by atoms with Crippen LogP contribution in [0.3, 0.4) is 0 Å². The Hall–Kier alpha value is -0.0400. The smallest absolute Gasteiger partial charge is 0.0619 e. The molecule has 0 spiro atoms. The first-order valence-corrected chi connectivity index (χ1v) is 6.05. The molecule has 0 saturated heterocycles. The first-order valence-electron chi connectivity index (χ1n) is 6.05. The number of hydrogen-bond acceptors (Lipinski definition) is 1. The van der Waals surface area contributed by atoms with Crippen LogP contribution in [0.15, 0.2) is 0 Å². The molecule has 0 amide bonds. The molecule has 0 heterocycles. The van der Waals surface area contributed by atoms with Crippen LogP contribution in [0, 0.1) is 5.41 Å². The minimum Gasteiger partial charge on any atom is -0.381 e. The average Bonchev–Trinajstić information content (AvgIpc) is 2.09. The van der Waals surface area contributed by atoms with Crippen LogP contribution in [0.2, 0.25) is 0 Å². The highest BCUT2D eigenvalue weighted by molar-refractivity contribution is 4.73. The van der Waals surface area contributed by atoms with Gasteiger partial charge in [-0.1, -0.05) is 59.8 Å². The number of ether oxygens (including phenoxy) is 1. The van der Waals surface area contributed by atoms with Crippen molar-refractivity contribution in [1.29, 1.82) is 0 Å². The maximum Gasteiger partial charge on any atom is 0.0619 e. The van der Waals surface area contributed by atoms with E-state index in [4.69, 9.17) is 4.74 Å². The first-order chi connectivity index (χ1) is 6.52. The van der Waals surface area contributed by atoms with Gasteiger partial charge in [-0.3, -0.25) is 0 Å². The lowest BCUT2D eigenvalue weighted by Crippen LogP contribution is -2.28. The second-order valence-corrected chi connectivity index (χ2v) is 5.29. The lowest BCUT2D eigenvalue weighted by atomic mass is 9.86. The molecule has 0 N–H and O–H groups in total. The number of rotatable bonds is 7. The molecular weight excluding hydrogens is 172 g/mol. The summed E-state index contributed by atoms with van der Waals surface area (Å²) < 4.78 is 5.52. The van der Waals surface area contributed by atoms with Crippen LogP contribution < -0.4 is 0 Å². The van der Waals surface area contributed by atoms with E-state index in [0.29, 0.717) is 11.5 Å². The standard InChI is InChI=1S/C13H28O/c1-6-7-8-9-10-11-12(14-5)13(2,3)4/h12H,6-11H2,1-5H3. The Morgan fingerprint density at radius 2 is 1.57 bits per heavy atom. The van der Waals surface area contributed by atoms with Crippen LogP contribution >= 0.6 is 0 Å². The molecule has 0 fully saturated rings. The lowest BCUT2D eigenvalue weighted by molar-refractivity contribution is 0.00900. The molecule has 0 bridgehead atoms. The predicted octanol–water partition coefficient (Wildman–Crippen LogP) is 4.41. The fourth-order valence-corrected chi connectivity index (χ4v) is 1.84. The van der Waals surface area contributed by atoms with Gasteiger partial charge < -0.3 is 4.74 Å². The van der Waals surface area contributed by atoms with Crippen molar-refractivity contribution in [2.75, 3.05) is 7.11 Å². The lowest BCUT2D eigenvalue weighted by Gasteiger charge is -2.29. The van der Waals surface area contributed by atoms with Gasteiger partial charge in [0.05, 0.1) is 6.10 Å². The molecule has 0 radical (unpaired) electrons. The van der Waals surface area contributed by atoms with Crippen molar-refractivity contribution in [2.45, 2.75) is 72.3 Å². The summed E-state index contributed by atoms with van der Waals surface area (Å²) in [5, 5.41) is 0. The Labute approximate surface area is 90.2 Å². The van der Waals surface area contributed by atoms with Crippen molar-refractivity contribution in [1.82, 2.24) is 0 Å². The van der Waals surface area contributed by atoms with Gasteiger partial charge >= 0.3 is 0 Å². The third kappa shape index (κ3) is 6.42. The van der Waals surface area contributed by atoms with E-state index in [1.165, 1.54) is 38.5 Å². The third-order valence-corrected chi connectivity index (χ3v) is 2.82. The summed E-state index contributed by atoms with van der Waals surface area (Å²) in [5.74, 6) is 0. The van der Waals surface area contributed by atoms with Gasteiger partial charge in [-0.25, -0.2) is 0 Å². The molecule has 86 valence electrons. The highest BCUT2D eigenvalue weighted by atomic mass is 16.5. The van der Waals surface area contributed by atoms with Crippen LogP contribution in [0.4, 0.5) is 0 Å². The minimum atomic E-state index is 0.291. The van der Waals surface area contributed by atoms with Crippen LogP contribution in [-0.4, -0.2) is 13.2 Å². The highest BCUT2D eigenvalue weighted by Crippen LogP contribution is 2.26. The van der Waals surface area contributed by atoms with Crippen molar-refractivity contribution in [2.24, 2.45) is 5.41 Å². The number of hydrogen-bond donors (Lipinski definition) is 0. The van der Waals surface area contributed by atoms with Gasteiger partial charge in [0.15, 0.2) is 0 Å². The van der Waals surface area contributed by atoms with Crippen LogP contribution in [-0.2, 0) is 4.74 Å². The van der Waals surface area contributed by atoms with E-state index in [1.807, 2.05) is 7.11 Å². The predicted molar refractivity (Wildman–Crippen MR) is 63.6 cm³/mol. The fourth-order valence-electron chi connectivity index (χ4n) is 1.84. The van der Waals surface area contributed by atoms with E-state index < -0.39 is 0 Å². The SMILES string of the molecule is CCCCCCCC(OC)C(C)(C)C. The van der Waals surface area contributed by atoms with E-state index in [0.717, 1.165) is 0 Å². The van der Waals surface area contributed by atoms with E-state index in [-0.39, 0.29) is 0 Å². The maximum atomic E-state index is 5.52. The van der Waals surface area contributed by atoms with Crippen molar-refractivity contribution in [3.63, 3.8) is 0 Å². The van der Waals surface area contributed by atoms with Gasteiger partial charge in [0.25, 0.3) is 0 Å². The van der Waals surface area contributed by atoms with Crippen molar-refractivity contribution in [3.05, 3.63) is 0 Å². The van der Waals surface area contributed by atoms with Gasteiger partial charge in [0.1, 0.15) is 0 Å². The molecular formula is C13H28O. The molecule has 0 aromatic heterocycles. The highest BCUT2D eigenvalue weighted by Gasteiger charge is 2.23. The Kier molecular flexibility index (Phi) is 7.26. The topological polar surface area (TPSA) is 9.23 Å². The molecule has 0 aromatic rings. The molecule has 0 aliphatic carbocycles. The Morgan fingerprint density at radius 3 is 2.00 bits per heavy atom. The Bertz CT molecular complexity index is 124. The monoisotopic (exact) mass is 200 g/mol. The zero-order valence-electron chi connectivity index (χ0n) is 10.7. The molecule has 1 atom stereocenters. The molecule has 0 aliphatic rings. The zero-order chi connectivity index (χ0) is 11.0. The number of unbranched alkanes of at least 4 members (excludes halogenated alkanes) is 4. The largest absolute Gasteiger partial charge is 0.381 e. The second kappa shape index (κ2) is 7.28. The molecule has 0 rings (SSSR count). The molecule has 0 aliphatic heterocycles. The quantitative estimate of drug-likeness (QED) is 0.553. The maximum absolute atomic E-state index is 5.52. The molecule has 0 saturated carbocycles. The Morgan fingerprint density at radius 1 is 1.00 bits per heavy atom. The van der Waals surface area contributed by atoms with Gasteiger partial charge in [-0.15, -0.1) is 0 Å². The normalized spacial score (nSPS) is 14.4. The summed E-state index contributed by atoms with van der Waals surface area (Å²) in [6.45, 7) is 9.03. The average molecular weight is 200 g/mol. The van der Waals surface area contributed by atoms with Crippen molar-refractivity contribution in [3.8, 4) is 0 Å². The Balaban J connectivity index is 3.54. The third-order valence-electron chi connectivity index (χ3n) is 2.82. The van der Waals surface area contributed by atoms with Gasteiger partial charge in [-0.05, 0) is 11.8 Å². The molecule has 1 unspecified atom stereocenters. The summed E-state index contributed by atoms with van der Waals surface area (Å²) in [6.07, 6.45) is 8.41. The fraction of sp³-hybridized carbons (Fsp3) is 1.00. The van der Waals surface area contributed by atoms with Crippen LogP contribution in [0.1, 0.15) is 66.2 Å². The van der Waals surface area contributed by atoms with Crippen molar-refractivity contribution >= 4 is 0 Å². The van der Waals surface area contributed by atoms with E-state index in [2.05, 4.69) is 27.7 Å². The van der Waals surface area contributed by atoms with Gasteiger partial charge in [-0.2, -0.15) is 0 Å². The van der Waals surface area contributed by atoms with Gasteiger partial charge in [0.2, 0.25) is 0 Å². The summed E-state index contributed by atoms with van der Waals surface area (Å²) in [5.41, 5.74) is 0.291. The van der Waals surface area contributed by atoms with Crippen LogP contribution in [0.25, 0.3) is 0 Å². The zero-order valence-corrected chi connectivity index (χ0v) is 10.7. The van der Waals surface area contributed by atoms with Crippen molar-refractivity contribution < 1.29 is 4.74 Å². The first kappa shape index (κ1) is 14.0. The summed E-state index contributed by atoms with van der Waals surface area (Å²) in [6, 6.07) is 0. The molecule has 0 aromatic carbocycles. The molecule has 1 nitrogen and oxygen atoms in total.